The minimum absolute atomic E-state index is 0.362. The zero-order valence-corrected chi connectivity index (χ0v) is 12.1. The first-order chi connectivity index (χ1) is 9.31. The predicted octanol–water partition coefficient (Wildman–Crippen LogP) is 1.59. The quantitative estimate of drug-likeness (QED) is 0.713. The summed E-state index contributed by atoms with van der Waals surface area (Å²) in [4.78, 5) is 16.7. The fraction of sp³-hybridized carbons (Fsp3) is 0.933. The third kappa shape index (κ3) is 4.46. The third-order valence-corrected chi connectivity index (χ3v) is 4.60. The van der Waals surface area contributed by atoms with Crippen molar-refractivity contribution >= 4 is 5.91 Å². The lowest BCUT2D eigenvalue weighted by atomic mass is 9.91. The first kappa shape index (κ1) is 14.8. The van der Waals surface area contributed by atoms with Crippen LogP contribution in [0.4, 0.5) is 0 Å². The van der Waals surface area contributed by atoms with Gasteiger partial charge in [0.15, 0.2) is 0 Å². The molecule has 1 heterocycles. The molecule has 0 spiro atoms. The van der Waals surface area contributed by atoms with Crippen molar-refractivity contribution in [3.8, 4) is 0 Å². The second-order valence-corrected chi connectivity index (χ2v) is 5.95. The van der Waals surface area contributed by atoms with Crippen LogP contribution in [0.3, 0.4) is 0 Å². The van der Waals surface area contributed by atoms with Gasteiger partial charge in [-0.05, 0) is 32.2 Å². The zero-order chi connectivity index (χ0) is 13.5. The van der Waals surface area contributed by atoms with Gasteiger partial charge >= 0.3 is 0 Å². The van der Waals surface area contributed by atoms with Crippen LogP contribution in [0.25, 0.3) is 0 Å². The summed E-state index contributed by atoms with van der Waals surface area (Å²) in [5.41, 5.74) is 5.46. The van der Waals surface area contributed by atoms with Crippen molar-refractivity contribution in [1.29, 1.82) is 0 Å². The Balaban J connectivity index is 1.56. The van der Waals surface area contributed by atoms with Crippen molar-refractivity contribution in [1.82, 2.24) is 9.80 Å². The highest BCUT2D eigenvalue weighted by Crippen LogP contribution is 2.25. The van der Waals surface area contributed by atoms with Crippen LogP contribution in [-0.4, -0.2) is 54.5 Å². The molecular weight excluding hydrogens is 238 g/mol. The number of amides is 1. The number of nitrogens with two attached hydrogens (primary N) is 1. The van der Waals surface area contributed by atoms with Crippen molar-refractivity contribution < 1.29 is 4.79 Å². The fourth-order valence-corrected chi connectivity index (χ4v) is 3.02. The van der Waals surface area contributed by atoms with Crippen molar-refractivity contribution in [2.24, 2.45) is 5.73 Å². The summed E-state index contributed by atoms with van der Waals surface area (Å²) in [5, 5.41) is 0. The minimum Gasteiger partial charge on any atom is -0.340 e. The number of carbonyl (C=O) groups is 1. The molecule has 2 aliphatic rings. The second-order valence-electron chi connectivity index (χ2n) is 5.95. The summed E-state index contributed by atoms with van der Waals surface area (Å²) in [6.07, 6.45) is 9.30. The molecule has 4 nitrogen and oxygen atoms in total. The minimum atomic E-state index is 0.362. The van der Waals surface area contributed by atoms with Crippen LogP contribution in [0.1, 0.15) is 51.4 Å². The Bertz CT molecular complexity index is 271. The molecule has 1 aliphatic carbocycles. The maximum Gasteiger partial charge on any atom is 0.222 e. The van der Waals surface area contributed by atoms with Crippen LogP contribution in [-0.2, 0) is 4.79 Å². The van der Waals surface area contributed by atoms with Gasteiger partial charge in [0.25, 0.3) is 0 Å². The van der Waals surface area contributed by atoms with Gasteiger partial charge in [0.2, 0.25) is 5.91 Å². The Labute approximate surface area is 117 Å². The molecular formula is C15H29N3O. The Kier molecular flexibility index (Phi) is 6.11. The first-order valence-electron chi connectivity index (χ1n) is 8.03. The van der Waals surface area contributed by atoms with Crippen LogP contribution in [0.15, 0.2) is 0 Å². The number of nitrogens with zero attached hydrogens (tertiary/aromatic N) is 2. The lowest BCUT2D eigenvalue weighted by molar-refractivity contribution is -0.133. The van der Waals surface area contributed by atoms with Gasteiger partial charge in [-0.1, -0.05) is 19.3 Å². The Morgan fingerprint density at radius 1 is 1.00 bits per heavy atom. The molecule has 0 bridgehead atoms. The van der Waals surface area contributed by atoms with E-state index in [0.29, 0.717) is 5.91 Å². The zero-order valence-electron chi connectivity index (χ0n) is 12.1. The van der Waals surface area contributed by atoms with Crippen LogP contribution in [0.5, 0.6) is 0 Å². The van der Waals surface area contributed by atoms with Crippen LogP contribution in [0.2, 0.25) is 0 Å². The molecule has 19 heavy (non-hydrogen) atoms. The SMILES string of the molecule is NCCCCCCC(=O)N1CCN(C2CCC2)CC1. The van der Waals surface area contributed by atoms with E-state index in [0.717, 1.165) is 64.4 Å². The van der Waals surface area contributed by atoms with E-state index in [9.17, 15) is 4.79 Å². The van der Waals surface area contributed by atoms with E-state index in [1.807, 2.05) is 0 Å². The molecule has 0 atom stereocenters. The highest BCUT2D eigenvalue weighted by atomic mass is 16.2. The van der Waals surface area contributed by atoms with Gasteiger partial charge in [-0.15, -0.1) is 0 Å². The lowest BCUT2D eigenvalue weighted by Crippen LogP contribution is -2.53. The number of unbranched alkanes of at least 4 members (excludes halogenated alkanes) is 3. The van der Waals surface area contributed by atoms with E-state index >= 15 is 0 Å². The van der Waals surface area contributed by atoms with Crippen molar-refractivity contribution in [2.75, 3.05) is 32.7 Å². The molecule has 0 unspecified atom stereocenters. The Hall–Kier alpha value is -0.610. The summed E-state index contributed by atoms with van der Waals surface area (Å²) >= 11 is 0. The molecule has 2 rings (SSSR count). The normalized spacial score (nSPS) is 21.4. The highest BCUT2D eigenvalue weighted by molar-refractivity contribution is 5.76. The summed E-state index contributed by atoms with van der Waals surface area (Å²) in [6, 6.07) is 0.827. The largest absolute Gasteiger partial charge is 0.340 e. The molecule has 0 aromatic rings. The van der Waals surface area contributed by atoms with E-state index < -0.39 is 0 Å². The molecule has 4 heteroatoms. The van der Waals surface area contributed by atoms with Crippen molar-refractivity contribution in [3.63, 3.8) is 0 Å². The van der Waals surface area contributed by atoms with Gasteiger partial charge in [0.1, 0.15) is 0 Å². The second kappa shape index (κ2) is 7.85. The molecule has 1 aliphatic heterocycles. The fourth-order valence-electron chi connectivity index (χ4n) is 3.02. The van der Waals surface area contributed by atoms with Gasteiger partial charge in [0.05, 0.1) is 0 Å². The first-order valence-corrected chi connectivity index (χ1v) is 8.03. The Morgan fingerprint density at radius 2 is 1.68 bits per heavy atom. The van der Waals surface area contributed by atoms with Crippen LogP contribution < -0.4 is 5.73 Å². The topological polar surface area (TPSA) is 49.6 Å². The van der Waals surface area contributed by atoms with Crippen molar-refractivity contribution in [2.45, 2.75) is 57.4 Å². The van der Waals surface area contributed by atoms with Gasteiger partial charge in [-0.25, -0.2) is 0 Å². The predicted molar refractivity (Wildman–Crippen MR) is 77.9 cm³/mol. The molecule has 0 aromatic carbocycles. The molecule has 2 fully saturated rings. The number of rotatable bonds is 7. The molecule has 0 aromatic heterocycles. The van der Waals surface area contributed by atoms with Gasteiger partial charge < -0.3 is 10.6 Å². The van der Waals surface area contributed by atoms with Gasteiger partial charge in [-0.2, -0.15) is 0 Å². The molecule has 1 saturated heterocycles. The molecule has 1 saturated carbocycles. The summed E-state index contributed by atoms with van der Waals surface area (Å²) in [7, 11) is 0. The molecule has 2 N–H and O–H groups in total. The molecule has 1 amide bonds. The average molecular weight is 267 g/mol. The van der Waals surface area contributed by atoms with E-state index in [4.69, 9.17) is 5.73 Å². The molecule has 110 valence electrons. The number of hydrogen-bond donors (Lipinski definition) is 1. The smallest absolute Gasteiger partial charge is 0.222 e. The van der Waals surface area contributed by atoms with Crippen LogP contribution in [0, 0.1) is 0 Å². The van der Waals surface area contributed by atoms with Gasteiger partial charge in [0, 0.05) is 38.6 Å². The van der Waals surface area contributed by atoms with E-state index in [1.54, 1.807) is 0 Å². The number of carbonyl (C=O) groups excluding carboxylic acids is 1. The number of hydrogen-bond acceptors (Lipinski definition) is 3. The Morgan fingerprint density at radius 3 is 2.26 bits per heavy atom. The monoisotopic (exact) mass is 267 g/mol. The molecule has 0 radical (unpaired) electrons. The summed E-state index contributed by atoms with van der Waals surface area (Å²) in [6.45, 7) is 4.83. The van der Waals surface area contributed by atoms with E-state index in [1.165, 1.54) is 25.7 Å². The third-order valence-electron chi connectivity index (χ3n) is 4.60. The maximum absolute atomic E-state index is 12.1. The number of piperazine rings is 1. The standard InChI is InChI=1S/C15H29N3O/c16-9-4-2-1-3-8-15(19)18-12-10-17(11-13-18)14-6-5-7-14/h14H,1-13,16H2. The summed E-state index contributed by atoms with van der Waals surface area (Å²) in [5.74, 6) is 0.362. The highest BCUT2D eigenvalue weighted by Gasteiger charge is 2.28. The lowest BCUT2D eigenvalue weighted by Gasteiger charge is -2.43. The average Bonchev–Trinajstić information content (AvgIpc) is 2.37. The van der Waals surface area contributed by atoms with E-state index in [-0.39, 0.29) is 0 Å². The summed E-state index contributed by atoms with van der Waals surface area (Å²) < 4.78 is 0. The van der Waals surface area contributed by atoms with Crippen LogP contribution >= 0.6 is 0 Å². The van der Waals surface area contributed by atoms with E-state index in [2.05, 4.69) is 9.80 Å². The van der Waals surface area contributed by atoms with Gasteiger partial charge in [-0.3, -0.25) is 9.69 Å². The van der Waals surface area contributed by atoms with Crippen molar-refractivity contribution in [3.05, 3.63) is 0 Å². The maximum atomic E-state index is 12.1.